The van der Waals surface area contributed by atoms with Crippen LogP contribution in [0.1, 0.15) is 25.8 Å². The van der Waals surface area contributed by atoms with Gasteiger partial charge in [0.25, 0.3) is 0 Å². The molecule has 1 atom stereocenters. The van der Waals surface area contributed by atoms with Gasteiger partial charge in [0.1, 0.15) is 0 Å². The van der Waals surface area contributed by atoms with Gasteiger partial charge in [-0.05, 0) is 54.4 Å². The first kappa shape index (κ1) is 22.5. The standard InChI is InChI=1S/C23H32N4O2S/c1-3-10-27(19(2)23(29)24-21-7-5-4-6-8-21)17-22(28)26-13-11-25(12-14-26)16-20-9-15-30-18-20/h4-9,15,18-19H,3,10-14,16-17H2,1-2H3,(H,24,29). The molecule has 0 radical (unpaired) electrons. The van der Waals surface area contributed by atoms with Gasteiger partial charge in [-0.15, -0.1) is 0 Å². The molecule has 0 saturated carbocycles. The number of thiophene rings is 1. The SMILES string of the molecule is CCCN(CC(=O)N1CCN(Cc2ccsc2)CC1)C(C)C(=O)Nc1ccccc1. The molecule has 2 aromatic rings. The Morgan fingerprint density at radius 1 is 1.13 bits per heavy atom. The van der Waals surface area contributed by atoms with Crippen LogP contribution in [-0.4, -0.2) is 71.8 Å². The number of carbonyl (C=O) groups is 2. The lowest BCUT2D eigenvalue weighted by Crippen LogP contribution is -2.53. The molecule has 6 nitrogen and oxygen atoms in total. The molecule has 1 fully saturated rings. The molecule has 162 valence electrons. The highest BCUT2D eigenvalue weighted by Gasteiger charge is 2.27. The van der Waals surface area contributed by atoms with E-state index in [0.29, 0.717) is 6.54 Å². The molecule has 0 spiro atoms. The van der Waals surface area contributed by atoms with E-state index in [4.69, 9.17) is 0 Å². The first-order valence-electron chi connectivity index (χ1n) is 10.7. The van der Waals surface area contributed by atoms with E-state index in [1.54, 1.807) is 11.3 Å². The topological polar surface area (TPSA) is 55.9 Å². The van der Waals surface area contributed by atoms with E-state index in [1.165, 1.54) is 5.56 Å². The third-order valence-electron chi connectivity index (χ3n) is 5.53. The fourth-order valence-electron chi connectivity index (χ4n) is 3.70. The van der Waals surface area contributed by atoms with Gasteiger partial charge in [0.05, 0.1) is 12.6 Å². The van der Waals surface area contributed by atoms with Gasteiger partial charge in [0.15, 0.2) is 0 Å². The maximum Gasteiger partial charge on any atom is 0.241 e. The van der Waals surface area contributed by atoms with Crippen molar-refractivity contribution in [3.05, 3.63) is 52.7 Å². The van der Waals surface area contributed by atoms with Crippen LogP contribution in [0.4, 0.5) is 5.69 Å². The van der Waals surface area contributed by atoms with E-state index in [1.807, 2.05) is 47.1 Å². The molecular formula is C23H32N4O2S. The van der Waals surface area contributed by atoms with E-state index >= 15 is 0 Å². The second-order valence-electron chi connectivity index (χ2n) is 7.79. The molecule has 0 bridgehead atoms. The first-order valence-corrected chi connectivity index (χ1v) is 11.6. The molecule has 1 aliphatic rings. The largest absolute Gasteiger partial charge is 0.339 e. The van der Waals surface area contributed by atoms with Crippen molar-refractivity contribution in [2.24, 2.45) is 0 Å². The van der Waals surface area contributed by atoms with Gasteiger partial charge in [-0.3, -0.25) is 19.4 Å². The Morgan fingerprint density at radius 2 is 1.87 bits per heavy atom. The number of piperazine rings is 1. The van der Waals surface area contributed by atoms with Crippen molar-refractivity contribution in [3.8, 4) is 0 Å². The summed E-state index contributed by atoms with van der Waals surface area (Å²) in [7, 11) is 0. The highest BCUT2D eigenvalue weighted by Crippen LogP contribution is 2.13. The number of rotatable bonds is 9. The van der Waals surface area contributed by atoms with Crippen LogP contribution in [0.5, 0.6) is 0 Å². The van der Waals surface area contributed by atoms with Crippen LogP contribution in [0, 0.1) is 0 Å². The zero-order valence-corrected chi connectivity index (χ0v) is 18.7. The summed E-state index contributed by atoms with van der Waals surface area (Å²) in [6.45, 7) is 9.15. The molecule has 1 unspecified atom stereocenters. The molecule has 1 aromatic carbocycles. The van der Waals surface area contributed by atoms with Crippen LogP contribution in [0.15, 0.2) is 47.2 Å². The Kier molecular flexibility index (Phi) is 8.42. The van der Waals surface area contributed by atoms with Gasteiger partial charge in [-0.1, -0.05) is 25.1 Å². The maximum absolute atomic E-state index is 12.9. The zero-order chi connectivity index (χ0) is 21.3. The molecule has 0 aliphatic carbocycles. The maximum atomic E-state index is 12.9. The Bertz CT molecular complexity index is 789. The predicted molar refractivity (Wildman–Crippen MR) is 123 cm³/mol. The van der Waals surface area contributed by atoms with Crippen molar-refractivity contribution in [2.75, 3.05) is 44.6 Å². The Hall–Kier alpha value is -2.22. The number of anilines is 1. The van der Waals surface area contributed by atoms with Crippen LogP contribution in [0.2, 0.25) is 0 Å². The van der Waals surface area contributed by atoms with Crippen molar-refractivity contribution in [1.29, 1.82) is 0 Å². The summed E-state index contributed by atoms with van der Waals surface area (Å²) in [6.07, 6.45) is 0.894. The Labute approximate surface area is 183 Å². The third kappa shape index (κ3) is 6.39. The fraction of sp³-hybridized carbons (Fsp3) is 0.478. The fourth-order valence-corrected chi connectivity index (χ4v) is 4.36. The molecule has 2 amide bonds. The molecule has 1 aliphatic heterocycles. The molecular weight excluding hydrogens is 396 g/mol. The van der Waals surface area contributed by atoms with Crippen molar-refractivity contribution in [2.45, 2.75) is 32.9 Å². The number of nitrogens with one attached hydrogen (secondary N) is 1. The number of hydrogen-bond donors (Lipinski definition) is 1. The van der Waals surface area contributed by atoms with E-state index in [9.17, 15) is 9.59 Å². The van der Waals surface area contributed by atoms with E-state index in [2.05, 4.69) is 34.0 Å². The second-order valence-corrected chi connectivity index (χ2v) is 8.57. The van der Waals surface area contributed by atoms with Gasteiger partial charge < -0.3 is 10.2 Å². The highest BCUT2D eigenvalue weighted by molar-refractivity contribution is 7.07. The summed E-state index contributed by atoms with van der Waals surface area (Å²) in [4.78, 5) is 31.9. The normalized spacial score (nSPS) is 15.9. The lowest BCUT2D eigenvalue weighted by Gasteiger charge is -2.36. The van der Waals surface area contributed by atoms with Crippen LogP contribution >= 0.6 is 11.3 Å². The smallest absolute Gasteiger partial charge is 0.241 e. The molecule has 1 N–H and O–H groups in total. The van der Waals surface area contributed by atoms with E-state index in [-0.39, 0.29) is 24.4 Å². The van der Waals surface area contributed by atoms with Gasteiger partial charge in [0.2, 0.25) is 11.8 Å². The quantitative estimate of drug-likeness (QED) is 0.667. The lowest BCUT2D eigenvalue weighted by atomic mass is 10.2. The number of hydrogen-bond acceptors (Lipinski definition) is 5. The highest BCUT2D eigenvalue weighted by atomic mass is 32.1. The summed E-state index contributed by atoms with van der Waals surface area (Å²) in [5, 5.41) is 7.24. The van der Waals surface area contributed by atoms with Crippen LogP contribution in [0.25, 0.3) is 0 Å². The van der Waals surface area contributed by atoms with Crippen molar-refractivity contribution >= 4 is 28.8 Å². The minimum Gasteiger partial charge on any atom is -0.339 e. The van der Waals surface area contributed by atoms with Crippen LogP contribution < -0.4 is 5.32 Å². The summed E-state index contributed by atoms with van der Waals surface area (Å²) >= 11 is 1.72. The summed E-state index contributed by atoms with van der Waals surface area (Å²) in [6, 6.07) is 11.2. The summed E-state index contributed by atoms with van der Waals surface area (Å²) in [5.74, 6) is 0.0287. The Balaban J connectivity index is 1.50. The number of amides is 2. The van der Waals surface area contributed by atoms with Crippen molar-refractivity contribution in [3.63, 3.8) is 0 Å². The number of nitrogens with zero attached hydrogens (tertiary/aromatic N) is 3. The first-order chi connectivity index (χ1) is 14.6. The second kappa shape index (κ2) is 11.2. The van der Waals surface area contributed by atoms with Gasteiger partial charge >= 0.3 is 0 Å². The van der Waals surface area contributed by atoms with Gasteiger partial charge in [-0.2, -0.15) is 11.3 Å². The summed E-state index contributed by atoms with van der Waals surface area (Å²) in [5.41, 5.74) is 2.12. The molecule has 1 aromatic heterocycles. The number of benzene rings is 1. The zero-order valence-electron chi connectivity index (χ0n) is 17.9. The van der Waals surface area contributed by atoms with Gasteiger partial charge in [-0.25, -0.2) is 0 Å². The third-order valence-corrected chi connectivity index (χ3v) is 6.26. The molecule has 1 saturated heterocycles. The summed E-state index contributed by atoms with van der Waals surface area (Å²) < 4.78 is 0. The van der Waals surface area contributed by atoms with Crippen LogP contribution in [0.3, 0.4) is 0 Å². The van der Waals surface area contributed by atoms with E-state index in [0.717, 1.165) is 44.8 Å². The van der Waals surface area contributed by atoms with Gasteiger partial charge in [0, 0.05) is 38.4 Å². The molecule has 7 heteroatoms. The van der Waals surface area contributed by atoms with Crippen LogP contribution in [-0.2, 0) is 16.1 Å². The Morgan fingerprint density at radius 3 is 2.50 bits per heavy atom. The molecule has 2 heterocycles. The number of carbonyl (C=O) groups excluding carboxylic acids is 2. The van der Waals surface area contributed by atoms with Crippen molar-refractivity contribution in [1.82, 2.24) is 14.7 Å². The minimum atomic E-state index is -0.367. The van der Waals surface area contributed by atoms with E-state index < -0.39 is 0 Å². The predicted octanol–water partition coefficient (Wildman–Crippen LogP) is 3.13. The lowest BCUT2D eigenvalue weighted by molar-refractivity contribution is -0.135. The average Bonchev–Trinajstić information content (AvgIpc) is 3.27. The number of para-hydroxylation sites is 1. The molecule has 3 rings (SSSR count). The van der Waals surface area contributed by atoms with Crippen molar-refractivity contribution < 1.29 is 9.59 Å². The molecule has 30 heavy (non-hydrogen) atoms. The minimum absolute atomic E-state index is 0.0805. The average molecular weight is 429 g/mol. The monoisotopic (exact) mass is 428 g/mol.